The minimum absolute atomic E-state index is 0. The van der Waals surface area contributed by atoms with E-state index in [0.717, 1.165) is 0 Å². The molecule has 0 aliphatic rings. The monoisotopic (exact) mass is 462 g/mol. The zero-order chi connectivity index (χ0) is 14.7. The summed E-state index contributed by atoms with van der Waals surface area (Å²) in [6.07, 6.45) is 8.57. The smallest absolute Gasteiger partial charge is 1.00 e. The predicted molar refractivity (Wildman–Crippen MR) is 95.0 cm³/mol. The van der Waals surface area contributed by atoms with E-state index in [0.29, 0.717) is 0 Å². The third kappa shape index (κ3) is 8.65. The van der Waals surface area contributed by atoms with Crippen LogP contribution in [0.15, 0.2) is 30.3 Å². The van der Waals surface area contributed by atoms with Crippen LogP contribution < -0.4 is 17.0 Å². The average molecular weight is 464 g/mol. The van der Waals surface area contributed by atoms with Crippen molar-refractivity contribution in [3.8, 4) is 0 Å². The van der Waals surface area contributed by atoms with Crippen LogP contribution in [0.2, 0.25) is 13.1 Å². The van der Waals surface area contributed by atoms with Gasteiger partial charge in [0.1, 0.15) is 0 Å². The summed E-state index contributed by atoms with van der Waals surface area (Å²) >= 11 is -1.83. The molecule has 0 aromatic heterocycles. The quantitative estimate of drug-likeness (QED) is 0.440. The second-order valence-electron chi connectivity index (χ2n) is 6.22. The van der Waals surface area contributed by atoms with E-state index in [-0.39, 0.29) is 17.0 Å². The molecule has 1 rings (SSSR count). The fourth-order valence-electron chi connectivity index (χ4n) is 3.02. The Balaban J connectivity index is 0.00000400. The van der Waals surface area contributed by atoms with Crippen LogP contribution in [0.1, 0.15) is 64.9 Å². The van der Waals surface area contributed by atoms with Gasteiger partial charge in [-0.2, -0.15) is 0 Å². The summed E-state index contributed by atoms with van der Waals surface area (Å²) in [5, 5.41) is 0. The van der Waals surface area contributed by atoms with Gasteiger partial charge in [-0.1, -0.05) is 0 Å². The van der Waals surface area contributed by atoms with Crippen molar-refractivity contribution in [1.29, 1.82) is 0 Å². The van der Waals surface area contributed by atoms with Crippen LogP contribution in [-0.2, 0) is 4.37 Å². The molecule has 0 spiro atoms. The number of unbranched alkanes of at least 4 members (excludes halogenated alkanes) is 3. The molecular weight excluding hydrogens is 430 g/mol. The Hall–Kier alpha value is 0.518. The minimum atomic E-state index is -1.83. The summed E-state index contributed by atoms with van der Waals surface area (Å²) < 4.78 is 6.33. The van der Waals surface area contributed by atoms with Crippen LogP contribution in [0.5, 0.6) is 0 Å². The fraction of sp³-hybridized carbons (Fsp3) is 0.684. The molecule has 122 valence electrons. The molecule has 0 fully saturated rings. The van der Waals surface area contributed by atoms with Gasteiger partial charge in [0.25, 0.3) is 0 Å². The maximum absolute atomic E-state index is 2.37. The molecule has 1 aromatic carbocycles. The van der Waals surface area contributed by atoms with Gasteiger partial charge in [0, 0.05) is 0 Å². The second-order valence-corrected chi connectivity index (χ2v) is 18.6. The van der Waals surface area contributed by atoms with E-state index in [9.17, 15) is 0 Å². The summed E-state index contributed by atoms with van der Waals surface area (Å²) in [6, 6.07) is 11.3. The molecule has 2 heteroatoms. The molecule has 0 N–H and O–H groups in total. The number of hydrogen-bond acceptors (Lipinski definition) is 0. The van der Waals surface area contributed by atoms with Crippen LogP contribution in [0.3, 0.4) is 0 Å². The maximum atomic E-state index is 2.37. The van der Waals surface area contributed by atoms with Gasteiger partial charge in [0.15, 0.2) is 0 Å². The van der Waals surface area contributed by atoms with Crippen LogP contribution in [0.25, 0.3) is 0 Å². The molecule has 0 saturated carbocycles. The third-order valence-corrected chi connectivity index (χ3v) is 18.1. The molecule has 0 radical (unpaired) electrons. The zero-order valence-electron chi connectivity index (χ0n) is 14.3. The van der Waals surface area contributed by atoms with E-state index < -0.39 is 18.8 Å². The molecule has 0 bridgehead atoms. The van der Waals surface area contributed by atoms with Crippen LogP contribution in [0.4, 0.5) is 0 Å². The van der Waals surface area contributed by atoms with Crippen molar-refractivity contribution in [2.75, 3.05) is 0 Å². The Bertz CT molecular complexity index is 315. The molecule has 1 aromatic rings. The summed E-state index contributed by atoms with van der Waals surface area (Å²) in [4.78, 5) is 0. The van der Waals surface area contributed by atoms with Gasteiger partial charge in [0.2, 0.25) is 0 Å². The number of benzene rings is 1. The Morgan fingerprint density at radius 1 is 0.714 bits per heavy atom. The summed E-state index contributed by atoms with van der Waals surface area (Å²) in [7, 11) is 0. The first kappa shape index (κ1) is 21.5. The van der Waals surface area contributed by atoms with Gasteiger partial charge >= 0.3 is 131 Å². The number of halogens is 1. The molecule has 0 aliphatic heterocycles. The van der Waals surface area contributed by atoms with Gasteiger partial charge in [-0.3, -0.25) is 0 Å². The molecule has 0 nitrogen and oxygen atoms in total. The van der Waals surface area contributed by atoms with Crippen molar-refractivity contribution in [2.45, 2.75) is 76.8 Å². The minimum Gasteiger partial charge on any atom is -1.00 e. The molecule has 0 unspecified atom stereocenters. The molecule has 0 amide bonds. The second kappa shape index (κ2) is 13.0. The number of hydrogen-bond donors (Lipinski definition) is 0. The van der Waals surface area contributed by atoms with Gasteiger partial charge in [0.05, 0.1) is 0 Å². The van der Waals surface area contributed by atoms with Gasteiger partial charge in [-0.05, 0) is 0 Å². The first-order valence-electron chi connectivity index (χ1n) is 8.65. The van der Waals surface area contributed by atoms with Gasteiger partial charge < -0.3 is 17.0 Å². The molecule has 0 atom stereocenters. The Labute approximate surface area is 147 Å². The standard InChI is InChI=1S/C7H7.3C4H9.BrH.Sb/c1-7-5-3-2-4-6-7;3*1-3-4-2;;/h2-6H,1H2;3*1,3-4H2,2H3;1H;/q;;;;;+1/p-1. The topological polar surface area (TPSA) is 0 Å². The summed E-state index contributed by atoms with van der Waals surface area (Å²) in [5.41, 5.74) is 1.63. The summed E-state index contributed by atoms with van der Waals surface area (Å²) in [5.74, 6) is 0. The predicted octanol–water partition coefficient (Wildman–Crippen LogP) is 3.62. The SMILES string of the molecule is CCC[CH2][Sb+]([CH2]CCC)([CH2]CCC)[CH2]c1ccccc1.[Br-]. The van der Waals surface area contributed by atoms with E-state index in [1.807, 2.05) is 0 Å². The van der Waals surface area contributed by atoms with E-state index in [4.69, 9.17) is 0 Å². The molecule has 21 heavy (non-hydrogen) atoms. The normalized spacial score (nSPS) is 11.2. The van der Waals surface area contributed by atoms with E-state index in [1.165, 1.54) is 42.9 Å². The van der Waals surface area contributed by atoms with Gasteiger partial charge in [-0.25, -0.2) is 0 Å². The van der Waals surface area contributed by atoms with E-state index in [2.05, 4.69) is 51.1 Å². The maximum Gasteiger partial charge on any atom is -1.00 e. The summed E-state index contributed by atoms with van der Waals surface area (Å²) in [6.45, 7) is 7.07. The van der Waals surface area contributed by atoms with Crippen LogP contribution in [-0.4, -0.2) is 18.8 Å². The van der Waals surface area contributed by atoms with Crippen molar-refractivity contribution in [3.05, 3.63) is 35.9 Å². The van der Waals surface area contributed by atoms with E-state index in [1.54, 1.807) is 18.7 Å². The first-order valence-corrected chi connectivity index (χ1v) is 15.9. The van der Waals surface area contributed by atoms with Crippen LogP contribution in [0, 0.1) is 0 Å². The zero-order valence-corrected chi connectivity index (χ0v) is 18.4. The Kier molecular flexibility index (Phi) is 13.3. The van der Waals surface area contributed by atoms with Crippen LogP contribution >= 0.6 is 0 Å². The first-order chi connectivity index (χ1) is 9.76. The van der Waals surface area contributed by atoms with Crippen molar-refractivity contribution < 1.29 is 17.0 Å². The molecule has 0 heterocycles. The molecule has 0 saturated heterocycles. The van der Waals surface area contributed by atoms with Crippen molar-refractivity contribution in [3.63, 3.8) is 0 Å². The molecular formula is C19H34BrSb. The largest absolute Gasteiger partial charge is 1.00 e. The molecule has 0 aliphatic carbocycles. The number of rotatable bonds is 11. The van der Waals surface area contributed by atoms with Gasteiger partial charge in [-0.15, -0.1) is 0 Å². The van der Waals surface area contributed by atoms with Crippen molar-refractivity contribution >= 4 is 18.8 Å². The van der Waals surface area contributed by atoms with E-state index >= 15 is 0 Å². The van der Waals surface area contributed by atoms with Crippen molar-refractivity contribution in [2.24, 2.45) is 0 Å². The Morgan fingerprint density at radius 2 is 1.14 bits per heavy atom. The Morgan fingerprint density at radius 3 is 1.52 bits per heavy atom. The van der Waals surface area contributed by atoms with Crippen molar-refractivity contribution in [1.82, 2.24) is 0 Å². The average Bonchev–Trinajstić information content (AvgIpc) is 2.49. The fourth-order valence-corrected chi connectivity index (χ4v) is 17.6. The third-order valence-electron chi connectivity index (χ3n) is 4.32.